The van der Waals surface area contributed by atoms with Crippen LogP contribution in [0.4, 0.5) is 5.13 Å². The van der Waals surface area contributed by atoms with Crippen LogP contribution in [-0.2, 0) is 21.4 Å². The van der Waals surface area contributed by atoms with Gasteiger partial charge in [0.1, 0.15) is 0 Å². The second-order valence-corrected chi connectivity index (χ2v) is 11.7. The molecular formula is C24H30N4O3S2. The third-order valence-electron chi connectivity index (χ3n) is 6.24. The van der Waals surface area contributed by atoms with Crippen molar-refractivity contribution in [3.8, 4) is 0 Å². The number of hydrogen-bond donors (Lipinski definition) is 0. The first kappa shape index (κ1) is 23.8. The maximum Gasteiger partial charge on any atom is 0.243 e. The van der Waals surface area contributed by atoms with Crippen molar-refractivity contribution in [3.05, 3.63) is 59.2 Å². The van der Waals surface area contributed by atoms with Crippen molar-refractivity contribution in [1.82, 2.24) is 14.2 Å². The van der Waals surface area contributed by atoms with Crippen molar-refractivity contribution in [2.75, 3.05) is 43.4 Å². The van der Waals surface area contributed by atoms with Gasteiger partial charge in [0.25, 0.3) is 0 Å². The van der Waals surface area contributed by atoms with Crippen LogP contribution in [-0.4, -0.2) is 67.0 Å². The van der Waals surface area contributed by atoms with Gasteiger partial charge in [-0.2, -0.15) is 4.31 Å². The van der Waals surface area contributed by atoms with Crippen LogP contribution >= 0.6 is 11.3 Å². The zero-order valence-corrected chi connectivity index (χ0v) is 21.0. The van der Waals surface area contributed by atoms with E-state index in [0.717, 1.165) is 21.3 Å². The van der Waals surface area contributed by atoms with E-state index in [1.807, 2.05) is 35.2 Å². The number of nitrogens with zero attached hydrogens (tertiary/aromatic N) is 4. The van der Waals surface area contributed by atoms with Crippen LogP contribution in [0.1, 0.15) is 23.6 Å². The lowest BCUT2D eigenvalue weighted by Gasteiger charge is -2.34. The Morgan fingerprint density at radius 1 is 1.06 bits per heavy atom. The molecule has 3 aromatic rings. The number of fused-ring (bicyclic) bond motifs is 1. The lowest BCUT2D eigenvalue weighted by molar-refractivity contribution is -0.120. The van der Waals surface area contributed by atoms with Crippen LogP contribution in [0, 0.1) is 13.8 Å². The average molecular weight is 487 g/mol. The van der Waals surface area contributed by atoms with E-state index in [4.69, 9.17) is 4.98 Å². The third kappa shape index (κ3) is 5.27. The summed E-state index contributed by atoms with van der Waals surface area (Å²) < 4.78 is 26.9. The molecule has 176 valence electrons. The molecule has 9 heteroatoms. The third-order valence-corrected chi connectivity index (χ3v) is 9.16. The summed E-state index contributed by atoms with van der Waals surface area (Å²) in [5.74, 6) is 0.0758. The quantitative estimate of drug-likeness (QED) is 0.512. The number of sulfonamides is 1. The molecule has 1 fully saturated rings. The van der Waals surface area contributed by atoms with Crippen molar-refractivity contribution in [1.29, 1.82) is 0 Å². The molecule has 0 radical (unpaired) electrons. The lowest BCUT2D eigenvalue weighted by atomic mass is 10.1. The van der Waals surface area contributed by atoms with Gasteiger partial charge in [0.15, 0.2) is 5.13 Å². The molecule has 0 saturated carbocycles. The number of rotatable bonds is 7. The zero-order valence-electron chi connectivity index (χ0n) is 19.3. The zero-order chi connectivity index (χ0) is 23.6. The number of piperazine rings is 1. The molecule has 0 spiro atoms. The summed E-state index contributed by atoms with van der Waals surface area (Å²) in [7, 11) is -3.19. The van der Waals surface area contributed by atoms with E-state index in [1.165, 1.54) is 21.2 Å². The molecule has 0 unspecified atom stereocenters. The lowest BCUT2D eigenvalue weighted by Crippen LogP contribution is -2.51. The van der Waals surface area contributed by atoms with Crippen LogP contribution in [0.5, 0.6) is 0 Å². The summed E-state index contributed by atoms with van der Waals surface area (Å²) in [4.78, 5) is 22.2. The fourth-order valence-corrected chi connectivity index (χ4v) is 6.11. The van der Waals surface area contributed by atoms with Crippen LogP contribution in [0.15, 0.2) is 42.5 Å². The first-order valence-electron chi connectivity index (χ1n) is 11.2. The molecule has 0 bridgehead atoms. The fraction of sp³-hybridized carbons (Fsp3) is 0.417. The van der Waals surface area contributed by atoms with Gasteiger partial charge < -0.3 is 0 Å². The molecule has 1 aliphatic rings. The Balaban J connectivity index is 1.55. The Kier molecular flexibility index (Phi) is 7.13. The molecule has 4 rings (SSSR count). The first-order chi connectivity index (χ1) is 15.8. The van der Waals surface area contributed by atoms with Gasteiger partial charge >= 0.3 is 0 Å². The van der Waals surface area contributed by atoms with E-state index in [2.05, 4.69) is 26.0 Å². The van der Waals surface area contributed by atoms with Crippen LogP contribution in [0.2, 0.25) is 0 Å². The van der Waals surface area contributed by atoms with Gasteiger partial charge in [-0.05, 0) is 43.5 Å². The van der Waals surface area contributed by atoms with Gasteiger partial charge in [0.2, 0.25) is 15.9 Å². The first-order valence-corrected chi connectivity index (χ1v) is 13.6. The number of aryl methyl sites for hydroxylation is 2. The maximum atomic E-state index is 13.5. The molecule has 2 heterocycles. The highest BCUT2D eigenvalue weighted by molar-refractivity contribution is 7.89. The van der Waals surface area contributed by atoms with E-state index in [9.17, 15) is 13.2 Å². The molecule has 1 aromatic heterocycles. The number of carbonyl (C=O) groups excluding carboxylic acids is 1. The van der Waals surface area contributed by atoms with Crippen molar-refractivity contribution < 1.29 is 13.2 Å². The summed E-state index contributed by atoms with van der Waals surface area (Å²) in [5, 5.41) is 0.694. The van der Waals surface area contributed by atoms with E-state index < -0.39 is 10.0 Å². The average Bonchev–Trinajstić information content (AvgIpc) is 3.25. The normalized spacial score (nSPS) is 15.7. The molecule has 33 heavy (non-hydrogen) atoms. The van der Waals surface area contributed by atoms with Gasteiger partial charge in [-0.3, -0.25) is 14.6 Å². The monoisotopic (exact) mass is 486 g/mol. The Morgan fingerprint density at radius 2 is 1.76 bits per heavy atom. The number of carbonyl (C=O) groups is 1. The largest absolute Gasteiger partial charge is 0.292 e. The summed E-state index contributed by atoms with van der Waals surface area (Å²) in [6, 6.07) is 14.1. The van der Waals surface area contributed by atoms with Crippen LogP contribution in [0.3, 0.4) is 0 Å². The Labute approximate surface area is 199 Å². The Hall–Kier alpha value is -2.33. The standard InChI is InChI=1S/C24H30N4O3S2/c1-4-33(30,31)27-14-12-26(13-15-27)17-22(29)28(16-20-8-6-5-7-9-20)24-25-23-19(3)18(2)10-11-21(23)32-24/h5-11H,4,12-17H2,1-3H3. The van der Waals surface area contributed by atoms with E-state index in [-0.39, 0.29) is 18.2 Å². The number of aromatic nitrogens is 1. The molecule has 2 aromatic carbocycles. The number of anilines is 1. The molecule has 1 aliphatic heterocycles. The molecule has 0 N–H and O–H groups in total. The summed E-state index contributed by atoms with van der Waals surface area (Å²) in [5.41, 5.74) is 4.30. The SMILES string of the molecule is CCS(=O)(=O)N1CCN(CC(=O)N(Cc2ccccc2)c2nc3c(C)c(C)ccc3s2)CC1. The van der Waals surface area contributed by atoms with E-state index in [1.54, 1.807) is 11.8 Å². The predicted molar refractivity (Wildman–Crippen MR) is 134 cm³/mol. The molecule has 1 amide bonds. The number of thiazole rings is 1. The second kappa shape index (κ2) is 9.89. The van der Waals surface area contributed by atoms with Gasteiger partial charge in [-0.15, -0.1) is 0 Å². The minimum absolute atomic E-state index is 0.0286. The topological polar surface area (TPSA) is 73.8 Å². The van der Waals surface area contributed by atoms with Gasteiger partial charge in [0, 0.05) is 26.2 Å². The van der Waals surface area contributed by atoms with E-state index in [0.29, 0.717) is 37.9 Å². The summed E-state index contributed by atoms with van der Waals surface area (Å²) in [6.07, 6.45) is 0. The molecular weight excluding hydrogens is 456 g/mol. The molecule has 1 saturated heterocycles. The van der Waals surface area contributed by atoms with Crippen molar-refractivity contribution in [3.63, 3.8) is 0 Å². The van der Waals surface area contributed by atoms with Gasteiger partial charge in [-0.25, -0.2) is 13.4 Å². The second-order valence-electron chi connectivity index (χ2n) is 8.39. The van der Waals surface area contributed by atoms with Crippen molar-refractivity contribution in [2.45, 2.75) is 27.3 Å². The Bertz CT molecular complexity index is 1230. The van der Waals surface area contributed by atoms with E-state index >= 15 is 0 Å². The van der Waals surface area contributed by atoms with Gasteiger partial charge in [-0.1, -0.05) is 47.7 Å². The molecule has 7 nitrogen and oxygen atoms in total. The van der Waals surface area contributed by atoms with Crippen LogP contribution < -0.4 is 4.90 Å². The fourth-order valence-electron chi connectivity index (χ4n) is 3.98. The highest BCUT2D eigenvalue weighted by Crippen LogP contribution is 2.33. The molecule has 0 aliphatic carbocycles. The summed E-state index contributed by atoms with van der Waals surface area (Å²) >= 11 is 1.53. The minimum Gasteiger partial charge on any atom is -0.292 e. The van der Waals surface area contributed by atoms with Gasteiger partial charge in [0.05, 0.1) is 29.1 Å². The Morgan fingerprint density at radius 3 is 2.42 bits per heavy atom. The van der Waals surface area contributed by atoms with Crippen LogP contribution in [0.25, 0.3) is 10.2 Å². The highest BCUT2D eigenvalue weighted by Gasteiger charge is 2.28. The number of hydrogen-bond acceptors (Lipinski definition) is 6. The molecule has 0 atom stereocenters. The van der Waals surface area contributed by atoms with Crippen molar-refractivity contribution >= 4 is 42.6 Å². The maximum absolute atomic E-state index is 13.5. The number of benzene rings is 2. The summed E-state index contributed by atoms with van der Waals surface area (Å²) in [6.45, 7) is 8.40. The van der Waals surface area contributed by atoms with Crippen molar-refractivity contribution in [2.24, 2.45) is 0 Å². The minimum atomic E-state index is -3.19. The highest BCUT2D eigenvalue weighted by atomic mass is 32.2. The smallest absolute Gasteiger partial charge is 0.243 e. The number of amides is 1. The predicted octanol–water partition coefficient (Wildman–Crippen LogP) is 3.41.